The Morgan fingerprint density at radius 3 is 2.51 bits per heavy atom. The maximum absolute atomic E-state index is 13.8. The molecule has 0 aliphatic heterocycles. The van der Waals surface area contributed by atoms with Crippen LogP contribution in [0, 0.1) is 5.82 Å². The van der Waals surface area contributed by atoms with Crippen molar-refractivity contribution in [3.05, 3.63) is 88.7 Å². The van der Waals surface area contributed by atoms with Crippen molar-refractivity contribution < 1.29 is 28.9 Å². The lowest BCUT2D eigenvalue weighted by Crippen LogP contribution is -2.05. The summed E-state index contributed by atoms with van der Waals surface area (Å²) in [5.41, 5.74) is 2.14. The summed E-state index contributed by atoms with van der Waals surface area (Å²) >= 11 is 7.37. The number of fused-ring (bicyclic) bond motifs is 1. The lowest BCUT2D eigenvalue weighted by Gasteiger charge is -2.10. The normalized spacial score (nSPS) is 11.3. The van der Waals surface area contributed by atoms with E-state index in [9.17, 15) is 19.4 Å². The number of aromatic hydroxyl groups is 2. The van der Waals surface area contributed by atoms with Gasteiger partial charge in [0.2, 0.25) is 5.88 Å². The fourth-order valence-corrected chi connectivity index (χ4v) is 5.49. The van der Waals surface area contributed by atoms with Gasteiger partial charge in [0.15, 0.2) is 16.7 Å². The van der Waals surface area contributed by atoms with Gasteiger partial charge in [-0.15, -0.1) is 0 Å². The molecule has 0 unspecified atom stereocenters. The molecule has 0 atom stereocenters. The van der Waals surface area contributed by atoms with Crippen LogP contribution in [0.2, 0.25) is 5.02 Å². The third-order valence-electron chi connectivity index (χ3n) is 6.17. The van der Waals surface area contributed by atoms with Crippen LogP contribution in [0.3, 0.4) is 0 Å². The molecule has 0 radical (unpaired) electrons. The number of aromatic nitrogens is 2. The molecule has 7 nitrogen and oxygen atoms in total. The Morgan fingerprint density at radius 2 is 1.79 bits per heavy atom. The summed E-state index contributed by atoms with van der Waals surface area (Å²) in [5.74, 6) is -1.23. The number of benzene rings is 3. The first-order valence-corrected chi connectivity index (χ1v) is 13.3. The molecule has 0 saturated heterocycles. The highest BCUT2D eigenvalue weighted by molar-refractivity contribution is 7.20. The molecule has 5 rings (SSSR count). The van der Waals surface area contributed by atoms with Gasteiger partial charge < -0.3 is 19.7 Å². The number of nitrogens with zero attached hydrogens (tertiary/aromatic N) is 2. The fraction of sp³-hybridized carbons (Fsp3) is 0.172. The molecule has 10 heteroatoms. The van der Waals surface area contributed by atoms with Gasteiger partial charge in [0, 0.05) is 18.6 Å². The summed E-state index contributed by atoms with van der Waals surface area (Å²) in [6.07, 6.45) is 0.454. The first kappa shape index (κ1) is 26.7. The molecule has 2 N–H and O–H groups in total. The number of ether oxygens (including phenoxy) is 2. The van der Waals surface area contributed by atoms with Crippen molar-refractivity contribution in [2.24, 2.45) is 0 Å². The highest BCUT2D eigenvalue weighted by Gasteiger charge is 2.30. The zero-order valence-corrected chi connectivity index (χ0v) is 22.4. The van der Waals surface area contributed by atoms with E-state index in [0.29, 0.717) is 46.6 Å². The number of methoxy groups -OCH3 is 1. The Balaban J connectivity index is 1.50. The third kappa shape index (κ3) is 5.61. The quantitative estimate of drug-likeness (QED) is 0.143. The summed E-state index contributed by atoms with van der Waals surface area (Å²) < 4.78 is 26.4. The third-order valence-corrected chi connectivity index (χ3v) is 7.41. The van der Waals surface area contributed by atoms with E-state index in [4.69, 9.17) is 21.1 Å². The van der Waals surface area contributed by atoms with Crippen molar-refractivity contribution in [1.82, 2.24) is 9.55 Å². The number of carbonyl (C=O) groups excluding carboxylic acids is 1. The van der Waals surface area contributed by atoms with Crippen molar-refractivity contribution >= 4 is 38.9 Å². The Bertz CT molecular complexity index is 1630. The van der Waals surface area contributed by atoms with Gasteiger partial charge in [0.25, 0.3) is 0 Å². The summed E-state index contributed by atoms with van der Waals surface area (Å²) in [6, 6.07) is 18.0. The molecule has 0 amide bonds. The fourth-order valence-electron chi connectivity index (χ4n) is 4.24. The van der Waals surface area contributed by atoms with E-state index in [1.807, 2.05) is 24.3 Å². The lowest BCUT2D eigenvalue weighted by molar-refractivity contribution is 0.0981. The van der Waals surface area contributed by atoms with Gasteiger partial charge in [0.05, 0.1) is 28.1 Å². The van der Waals surface area contributed by atoms with E-state index in [-0.39, 0.29) is 23.5 Å². The molecule has 0 aliphatic carbocycles. The summed E-state index contributed by atoms with van der Waals surface area (Å²) in [6.45, 7) is 0.912. The highest BCUT2D eigenvalue weighted by Crippen LogP contribution is 2.45. The van der Waals surface area contributed by atoms with Crippen LogP contribution in [0.25, 0.3) is 26.6 Å². The van der Waals surface area contributed by atoms with Crippen LogP contribution in [0.15, 0.2) is 66.7 Å². The number of hydrogen-bond acceptors (Lipinski definition) is 7. The smallest absolute Gasteiger partial charge is 0.242 e. The van der Waals surface area contributed by atoms with Crippen LogP contribution in [0.1, 0.15) is 22.3 Å². The first-order chi connectivity index (χ1) is 18.9. The predicted molar refractivity (Wildman–Crippen MR) is 149 cm³/mol. The zero-order chi connectivity index (χ0) is 27.5. The molecule has 0 aliphatic rings. The van der Waals surface area contributed by atoms with Gasteiger partial charge in [-0.05, 0) is 72.1 Å². The maximum Gasteiger partial charge on any atom is 0.242 e. The molecular weight excluding hydrogens is 543 g/mol. The molecule has 200 valence electrons. The van der Waals surface area contributed by atoms with Crippen molar-refractivity contribution in [1.29, 1.82) is 0 Å². The second-order valence-electron chi connectivity index (χ2n) is 8.75. The largest absolute Gasteiger partial charge is 0.503 e. The van der Waals surface area contributed by atoms with Crippen molar-refractivity contribution in [3.8, 4) is 33.8 Å². The highest BCUT2D eigenvalue weighted by atomic mass is 35.5. The molecule has 2 aromatic heterocycles. The molecule has 0 bridgehead atoms. The Labute approximate surface area is 232 Å². The van der Waals surface area contributed by atoms with E-state index in [1.165, 1.54) is 40.2 Å². The van der Waals surface area contributed by atoms with E-state index >= 15 is 0 Å². The van der Waals surface area contributed by atoms with Crippen LogP contribution < -0.4 is 4.74 Å². The minimum absolute atomic E-state index is 0.0593. The van der Waals surface area contributed by atoms with Gasteiger partial charge >= 0.3 is 0 Å². The van der Waals surface area contributed by atoms with Gasteiger partial charge in [-0.2, -0.15) is 0 Å². The Hall–Kier alpha value is -3.92. The van der Waals surface area contributed by atoms with E-state index in [2.05, 4.69) is 4.98 Å². The number of halogens is 2. The summed E-state index contributed by atoms with van der Waals surface area (Å²) in [7, 11) is 1.60. The number of ketones is 1. The number of thiazole rings is 1. The Kier molecular flexibility index (Phi) is 7.83. The van der Waals surface area contributed by atoms with Crippen molar-refractivity contribution in [2.75, 3.05) is 20.3 Å². The average Bonchev–Trinajstić information content (AvgIpc) is 3.46. The molecule has 0 fully saturated rings. The van der Waals surface area contributed by atoms with Crippen LogP contribution >= 0.6 is 22.9 Å². The number of aryl methyl sites for hydroxylation is 1. The predicted octanol–water partition coefficient (Wildman–Crippen LogP) is 6.80. The number of rotatable bonds is 10. The summed E-state index contributed by atoms with van der Waals surface area (Å²) in [5, 5.41) is 22.8. The number of Topliss-reactive ketones (excluding diaryl/α,β-unsaturated/α-hetero) is 1. The zero-order valence-electron chi connectivity index (χ0n) is 20.9. The topological polar surface area (TPSA) is 93.8 Å². The van der Waals surface area contributed by atoms with Crippen LogP contribution in [-0.2, 0) is 11.2 Å². The number of carbonyl (C=O) groups is 1. The Morgan fingerprint density at radius 1 is 1.05 bits per heavy atom. The standard InChI is InChI=1S/C29H24ClFN2O5S/c1-37-14-15-38-21-10-2-17(3-11-21)4-13-23(34)25-26(18-5-8-20(31)9-6-18)33(28(36)27(25)35)29-32-22-12-7-19(30)16-24(22)39-29/h2-3,5-12,16,35-36H,4,13-15H2,1H3. The molecule has 0 spiro atoms. The van der Waals surface area contributed by atoms with E-state index in [0.717, 1.165) is 10.3 Å². The molecule has 0 saturated carbocycles. The molecule has 39 heavy (non-hydrogen) atoms. The van der Waals surface area contributed by atoms with Gasteiger partial charge in [-0.3, -0.25) is 9.36 Å². The van der Waals surface area contributed by atoms with Crippen molar-refractivity contribution in [2.45, 2.75) is 12.8 Å². The molecule has 3 aromatic carbocycles. The van der Waals surface area contributed by atoms with Crippen LogP contribution in [0.5, 0.6) is 17.4 Å². The van der Waals surface area contributed by atoms with Gasteiger partial charge in [0.1, 0.15) is 18.2 Å². The second-order valence-corrected chi connectivity index (χ2v) is 10.2. The maximum atomic E-state index is 13.8. The van der Waals surface area contributed by atoms with Crippen LogP contribution in [-0.4, -0.2) is 45.9 Å². The minimum atomic E-state index is -0.557. The first-order valence-electron chi connectivity index (χ1n) is 12.1. The van der Waals surface area contributed by atoms with E-state index in [1.54, 1.807) is 25.3 Å². The second kappa shape index (κ2) is 11.4. The average molecular weight is 567 g/mol. The van der Waals surface area contributed by atoms with E-state index < -0.39 is 17.4 Å². The van der Waals surface area contributed by atoms with Gasteiger partial charge in [-0.25, -0.2) is 9.37 Å². The monoisotopic (exact) mass is 566 g/mol. The number of hydrogen-bond donors (Lipinski definition) is 2. The molecule has 5 aromatic rings. The van der Waals surface area contributed by atoms with Crippen LogP contribution in [0.4, 0.5) is 4.39 Å². The van der Waals surface area contributed by atoms with Crippen molar-refractivity contribution in [3.63, 3.8) is 0 Å². The SMILES string of the molecule is COCCOc1ccc(CCC(=O)c2c(O)c(O)n(-c3nc4ccc(Cl)cc4s3)c2-c2ccc(F)cc2)cc1. The summed E-state index contributed by atoms with van der Waals surface area (Å²) in [4.78, 5) is 18.1. The molecular formula is C29H24ClFN2O5S. The van der Waals surface area contributed by atoms with Gasteiger partial charge in [-0.1, -0.05) is 35.1 Å². The molecule has 2 heterocycles. The minimum Gasteiger partial charge on any atom is -0.503 e. The lowest BCUT2D eigenvalue weighted by atomic mass is 9.99.